The number of aryl methyl sites for hydroxylation is 2. The maximum absolute atomic E-state index is 13.9. The van der Waals surface area contributed by atoms with E-state index in [4.69, 9.17) is 0 Å². The molecule has 0 aromatic heterocycles. The maximum atomic E-state index is 13.9. The predicted molar refractivity (Wildman–Crippen MR) is 151 cm³/mol. The second-order valence-electron chi connectivity index (χ2n) is 9.66. The number of nitrogens with zero attached hydrogens (tertiary/aromatic N) is 2. The van der Waals surface area contributed by atoms with E-state index in [1.165, 1.54) is 17.0 Å². The van der Waals surface area contributed by atoms with Crippen molar-refractivity contribution in [3.8, 4) is 0 Å². The zero-order chi connectivity index (χ0) is 27.9. The van der Waals surface area contributed by atoms with Gasteiger partial charge in [0.1, 0.15) is 12.6 Å². The summed E-state index contributed by atoms with van der Waals surface area (Å²) in [5.74, 6) is -0.759. The highest BCUT2D eigenvalue weighted by Gasteiger charge is 2.32. The summed E-state index contributed by atoms with van der Waals surface area (Å²) in [5, 5.41) is 2.94. The van der Waals surface area contributed by atoms with Crippen LogP contribution in [0.1, 0.15) is 43.9 Å². The molecule has 0 aliphatic heterocycles. The van der Waals surface area contributed by atoms with E-state index < -0.39 is 28.5 Å². The van der Waals surface area contributed by atoms with Gasteiger partial charge in [-0.25, -0.2) is 8.42 Å². The largest absolute Gasteiger partial charge is 0.352 e. The van der Waals surface area contributed by atoms with Crippen molar-refractivity contribution in [3.63, 3.8) is 0 Å². The molecule has 0 saturated heterocycles. The Hall–Kier alpha value is -3.65. The molecule has 38 heavy (non-hydrogen) atoms. The van der Waals surface area contributed by atoms with E-state index in [0.717, 1.165) is 27.4 Å². The van der Waals surface area contributed by atoms with Gasteiger partial charge in [-0.1, -0.05) is 72.6 Å². The number of benzene rings is 3. The van der Waals surface area contributed by atoms with Crippen molar-refractivity contribution in [3.05, 3.63) is 95.6 Å². The van der Waals surface area contributed by atoms with Crippen LogP contribution >= 0.6 is 0 Å². The lowest BCUT2D eigenvalue weighted by molar-refractivity contribution is -0.139. The van der Waals surface area contributed by atoms with Gasteiger partial charge in [0.25, 0.3) is 10.0 Å². The molecule has 0 radical (unpaired) electrons. The minimum Gasteiger partial charge on any atom is -0.352 e. The molecule has 202 valence electrons. The fourth-order valence-electron chi connectivity index (χ4n) is 3.90. The molecule has 3 aromatic rings. The van der Waals surface area contributed by atoms with Crippen LogP contribution in [0.4, 0.5) is 5.69 Å². The fraction of sp³-hybridized carbons (Fsp3) is 0.333. The van der Waals surface area contributed by atoms with Crippen molar-refractivity contribution in [2.75, 3.05) is 10.8 Å². The molecule has 2 atom stereocenters. The van der Waals surface area contributed by atoms with E-state index in [-0.39, 0.29) is 23.4 Å². The van der Waals surface area contributed by atoms with Crippen molar-refractivity contribution in [2.24, 2.45) is 0 Å². The van der Waals surface area contributed by atoms with Crippen LogP contribution in [-0.4, -0.2) is 43.8 Å². The SMILES string of the molecule is CC[C@@H](C)NC(=O)[C@H](C)N(Cc1ccc(C)cc1)C(=O)CN(c1ccc(C)cc1)S(=O)(=O)c1ccccc1. The van der Waals surface area contributed by atoms with Crippen molar-refractivity contribution in [2.45, 2.75) is 64.6 Å². The number of hydrogen-bond donors (Lipinski definition) is 1. The molecule has 0 spiro atoms. The van der Waals surface area contributed by atoms with Gasteiger partial charge in [-0.3, -0.25) is 13.9 Å². The molecule has 7 nitrogen and oxygen atoms in total. The van der Waals surface area contributed by atoms with Gasteiger partial charge in [-0.05, 0) is 63.9 Å². The number of hydrogen-bond acceptors (Lipinski definition) is 4. The molecular weight excluding hydrogens is 498 g/mol. The summed E-state index contributed by atoms with van der Waals surface area (Å²) in [6.45, 7) is 9.15. The summed E-state index contributed by atoms with van der Waals surface area (Å²) in [5.41, 5.74) is 3.27. The summed E-state index contributed by atoms with van der Waals surface area (Å²) < 4.78 is 28.6. The van der Waals surface area contributed by atoms with Crippen LogP contribution in [-0.2, 0) is 26.2 Å². The molecule has 3 aromatic carbocycles. The molecule has 0 aliphatic rings. The molecule has 0 heterocycles. The van der Waals surface area contributed by atoms with E-state index in [1.807, 2.05) is 52.0 Å². The maximum Gasteiger partial charge on any atom is 0.264 e. The first-order valence-electron chi connectivity index (χ1n) is 12.8. The lowest BCUT2D eigenvalue weighted by Crippen LogP contribution is -2.52. The molecule has 3 rings (SSSR count). The zero-order valence-corrected chi connectivity index (χ0v) is 23.5. The number of rotatable bonds is 11. The minimum atomic E-state index is -4.06. The van der Waals surface area contributed by atoms with Gasteiger partial charge < -0.3 is 10.2 Å². The van der Waals surface area contributed by atoms with Crippen LogP contribution in [0.15, 0.2) is 83.8 Å². The highest BCUT2D eigenvalue weighted by molar-refractivity contribution is 7.92. The Kier molecular flexibility index (Phi) is 9.69. The second-order valence-corrected chi connectivity index (χ2v) is 11.5. The van der Waals surface area contributed by atoms with E-state index in [9.17, 15) is 18.0 Å². The van der Waals surface area contributed by atoms with E-state index in [2.05, 4.69) is 5.32 Å². The Morgan fingerprint density at radius 1 is 0.842 bits per heavy atom. The van der Waals surface area contributed by atoms with Gasteiger partial charge in [0.2, 0.25) is 11.8 Å². The highest BCUT2D eigenvalue weighted by Crippen LogP contribution is 2.25. The first kappa shape index (κ1) is 28.9. The lowest BCUT2D eigenvalue weighted by atomic mass is 10.1. The summed E-state index contributed by atoms with van der Waals surface area (Å²) in [4.78, 5) is 28.5. The van der Waals surface area contributed by atoms with Gasteiger partial charge in [-0.2, -0.15) is 0 Å². The Bertz CT molecular complexity index is 1320. The Labute approximate surface area is 226 Å². The Morgan fingerprint density at radius 2 is 1.39 bits per heavy atom. The van der Waals surface area contributed by atoms with Crippen LogP contribution in [0.5, 0.6) is 0 Å². The highest BCUT2D eigenvalue weighted by atomic mass is 32.2. The third-order valence-electron chi connectivity index (χ3n) is 6.57. The van der Waals surface area contributed by atoms with Gasteiger partial charge in [0, 0.05) is 12.6 Å². The Balaban J connectivity index is 2.00. The van der Waals surface area contributed by atoms with Crippen LogP contribution in [0.3, 0.4) is 0 Å². The normalized spacial score (nSPS) is 12.9. The second kappa shape index (κ2) is 12.7. The molecule has 1 N–H and O–H groups in total. The molecule has 0 fully saturated rings. The van der Waals surface area contributed by atoms with Gasteiger partial charge >= 0.3 is 0 Å². The van der Waals surface area contributed by atoms with E-state index >= 15 is 0 Å². The van der Waals surface area contributed by atoms with Crippen LogP contribution < -0.4 is 9.62 Å². The Morgan fingerprint density at radius 3 is 1.95 bits per heavy atom. The zero-order valence-electron chi connectivity index (χ0n) is 22.7. The molecule has 0 aliphatic carbocycles. The summed E-state index contributed by atoms with van der Waals surface area (Å²) >= 11 is 0. The fourth-order valence-corrected chi connectivity index (χ4v) is 5.33. The average molecular weight is 536 g/mol. The van der Waals surface area contributed by atoms with Crippen molar-refractivity contribution < 1.29 is 18.0 Å². The number of anilines is 1. The predicted octanol–water partition coefficient (Wildman–Crippen LogP) is 4.83. The van der Waals surface area contributed by atoms with Crippen LogP contribution in [0.25, 0.3) is 0 Å². The van der Waals surface area contributed by atoms with Gasteiger partial charge in [-0.15, -0.1) is 0 Å². The minimum absolute atomic E-state index is 0.0520. The topological polar surface area (TPSA) is 86.8 Å². The smallest absolute Gasteiger partial charge is 0.264 e. The van der Waals surface area contributed by atoms with Crippen molar-refractivity contribution in [1.29, 1.82) is 0 Å². The first-order chi connectivity index (χ1) is 18.0. The quantitative estimate of drug-likeness (QED) is 0.381. The monoisotopic (exact) mass is 535 g/mol. The number of amides is 2. The average Bonchev–Trinajstić information content (AvgIpc) is 2.91. The van der Waals surface area contributed by atoms with Gasteiger partial charge in [0.15, 0.2) is 0 Å². The summed E-state index contributed by atoms with van der Waals surface area (Å²) in [6.07, 6.45) is 0.751. The number of nitrogens with one attached hydrogen (secondary N) is 1. The van der Waals surface area contributed by atoms with Gasteiger partial charge in [0.05, 0.1) is 10.6 Å². The third kappa shape index (κ3) is 7.22. The van der Waals surface area contributed by atoms with E-state index in [1.54, 1.807) is 49.4 Å². The molecular formula is C30H37N3O4S. The first-order valence-corrected chi connectivity index (χ1v) is 14.3. The van der Waals surface area contributed by atoms with Crippen molar-refractivity contribution in [1.82, 2.24) is 10.2 Å². The summed E-state index contributed by atoms with van der Waals surface area (Å²) in [6, 6.07) is 21.9. The standard InChI is InChI=1S/C30H37N3O4S/c1-6-24(4)31-30(35)25(5)32(20-26-16-12-22(2)13-17-26)29(34)21-33(27-18-14-23(3)15-19-27)38(36,37)28-10-8-7-9-11-28/h7-19,24-25H,6,20-21H2,1-5H3,(H,31,35)/t24-,25+/m1/s1. The van der Waals surface area contributed by atoms with E-state index in [0.29, 0.717) is 5.69 Å². The molecule has 8 heteroatoms. The lowest BCUT2D eigenvalue weighted by Gasteiger charge is -2.32. The van der Waals surface area contributed by atoms with Crippen LogP contribution in [0.2, 0.25) is 0 Å². The number of sulfonamides is 1. The molecule has 0 bridgehead atoms. The molecule has 0 unspecified atom stereocenters. The number of carbonyl (C=O) groups is 2. The third-order valence-corrected chi connectivity index (χ3v) is 8.36. The summed E-state index contributed by atoms with van der Waals surface area (Å²) in [7, 11) is -4.06. The number of carbonyl (C=O) groups excluding carboxylic acids is 2. The molecule has 2 amide bonds. The van der Waals surface area contributed by atoms with Crippen molar-refractivity contribution >= 4 is 27.5 Å². The molecule has 0 saturated carbocycles. The van der Waals surface area contributed by atoms with Crippen LogP contribution in [0, 0.1) is 13.8 Å².